The molecule has 1 atom stereocenters. The average molecular weight is 527 g/mol. The molecule has 0 bridgehead atoms. The number of fused-ring (bicyclic) bond motifs is 2. The number of hydrogen-bond donors (Lipinski definition) is 2. The van der Waals surface area contributed by atoms with Gasteiger partial charge in [-0.25, -0.2) is 4.79 Å². The normalized spacial score (nSPS) is 17.9. The average Bonchev–Trinajstić information content (AvgIpc) is 2.89. The highest BCUT2D eigenvalue weighted by atomic mass is 35.5. The maximum Gasteiger partial charge on any atom is 0.407 e. The van der Waals surface area contributed by atoms with Gasteiger partial charge >= 0.3 is 6.09 Å². The molecule has 2 N–H and O–H groups in total. The fourth-order valence-corrected chi connectivity index (χ4v) is 5.75. The second kappa shape index (κ2) is 12.3. The van der Waals surface area contributed by atoms with Gasteiger partial charge in [0.05, 0.1) is 6.04 Å². The number of ether oxygens (including phenoxy) is 1. The molecule has 0 unspecified atom stereocenters. The van der Waals surface area contributed by atoms with E-state index in [1.807, 2.05) is 43.0 Å². The van der Waals surface area contributed by atoms with Crippen LogP contribution < -0.4 is 10.6 Å². The lowest BCUT2D eigenvalue weighted by molar-refractivity contribution is -0.136. The van der Waals surface area contributed by atoms with Crippen molar-refractivity contribution in [3.05, 3.63) is 70.2 Å². The summed E-state index contributed by atoms with van der Waals surface area (Å²) in [6.07, 6.45) is 2.99. The molecular weight excluding hydrogens is 488 g/mol. The Morgan fingerprint density at radius 2 is 1.76 bits per heavy atom. The zero-order valence-electron chi connectivity index (χ0n) is 22.1. The maximum atomic E-state index is 13.7. The van der Waals surface area contributed by atoms with Crippen molar-refractivity contribution >= 4 is 23.6 Å². The van der Waals surface area contributed by atoms with Crippen LogP contribution in [0, 0.1) is 0 Å². The molecule has 2 aromatic carbocycles. The molecule has 0 radical (unpaired) electrons. The van der Waals surface area contributed by atoms with Crippen molar-refractivity contribution in [1.29, 1.82) is 0 Å². The molecule has 4 rings (SSSR count). The van der Waals surface area contributed by atoms with Crippen molar-refractivity contribution in [2.24, 2.45) is 0 Å². The van der Waals surface area contributed by atoms with Crippen LogP contribution in [0.4, 0.5) is 4.79 Å². The molecular formula is C29H39ClN4O3. The molecule has 2 aromatic rings. The second-order valence-electron chi connectivity index (χ2n) is 10.5. The van der Waals surface area contributed by atoms with Crippen molar-refractivity contribution in [1.82, 2.24) is 20.4 Å². The highest BCUT2D eigenvalue weighted by molar-refractivity contribution is 6.30. The third-order valence-electron chi connectivity index (χ3n) is 7.65. The van der Waals surface area contributed by atoms with E-state index in [1.54, 1.807) is 0 Å². The molecule has 1 saturated heterocycles. The topological polar surface area (TPSA) is 73.9 Å². The van der Waals surface area contributed by atoms with E-state index in [1.165, 1.54) is 11.1 Å². The molecule has 1 fully saturated rings. The van der Waals surface area contributed by atoms with E-state index in [9.17, 15) is 9.59 Å². The fraction of sp³-hybridized carbons (Fsp3) is 0.517. The van der Waals surface area contributed by atoms with Gasteiger partial charge in [-0.2, -0.15) is 0 Å². The van der Waals surface area contributed by atoms with Gasteiger partial charge in [0.2, 0.25) is 5.91 Å². The number of piperidine rings is 1. The first-order chi connectivity index (χ1) is 17.8. The maximum absolute atomic E-state index is 13.7. The van der Waals surface area contributed by atoms with E-state index in [-0.39, 0.29) is 24.1 Å². The van der Waals surface area contributed by atoms with Gasteiger partial charge in [0.25, 0.3) is 0 Å². The van der Waals surface area contributed by atoms with Crippen LogP contribution in [0.5, 0.6) is 0 Å². The summed E-state index contributed by atoms with van der Waals surface area (Å²) < 4.78 is 5.25. The summed E-state index contributed by atoms with van der Waals surface area (Å²) in [6, 6.07) is 16.0. The summed E-state index contributed by atoms with van der Waals surface area (Å²) in [5.41, 5.74) is 3.87. The summed E-state index contributed by atoms with van der Waals surface area (Å²) in [5, 5.41) is 6.72. The Morgan fingerprint density at radius 3 is 2.46 bits per heavy atom. The van der Waals surface area contributed by atoms with E-state index in [2.05, 4.69) is 46.8 Å². The van der Waals surface area contributed by atoms with E-state index in [0.29, 0.717) is 31.1 Å². The minimum absolute atomic E-state index is 0.0114. The standard InChI is InChI=1S/C29H39ClN4O3/c1-21(2)32-28(36)37-19-15-31-26(20-22-8-10-24(30)11-9-22)27(35)34-17-13-29(14-18-34)25-7-5-4-6-23(25)12-16-33(29)3/h4-11,21,26,31H,12-20H2,1-3H3,(H,32,36)/t26-/m1/s1. The van der Waals surface area contributed by atoms with Gasteiger partial charge in [-0.3, -0.25) is 9.69 Å². The number of hydrogen-bond acceptors (Lipinski definition) is 5. The Hall–Kier alpha value is -2.61. The Bertz CT molecular complexity index is 1070. The first-order valence-corrected chi connectivity index (χ1v) is 13.7. The molecule has 2 aliphatic rings. The lowest BCUT2D eigenvalue weighted by Crippen LogP contribution is -2.58. The molecule has 7 nitrogen and oxygen atoms in total. The number of nitrogens with one attached hydrogen (secondary N) is 2. The van der Waals surface area contributed by atoms with Crippen molar-refractivity contribution in [2.45, 2.75) is 57.2 Å². The Balaban J connectivity index is 1.41. The van der Waals surface area contributed by atoms with Crippen LogP contribution in [-0.2, 0) is 27.9 Å². The van der Waals surface area contributed by atoms with Crippen molar-refractivity contribution in [3.8, 4) is 0 Å². The largest absolute Gasteiger partial charge is 0.448 e. The molecule has 0 saturated carbocycles. The molecule has 8 heteroatoms. The summed E-state index contributed by atoms with van der Waals surface area (Å²) in [6.45, 7) is 6.81. The lowest BCUT2D eigenvalue weighted by atomic mass is 9.74. The highest BCUT2D eigenvalue weighted by Gasteiger charge is 2.44. The van der Waals surface area contributed by atoms with Crippen LogP contribution in [0.2, 0.25) is 5.02 Å². The molecule has 2 heterocycles. The minimum atomic E-state index is -0.449. The number of carbonyl (C=O) groups is 2. The van der Waals surface area contributed by atoms with Crippen molar-refractivity contribution in [3.63, 3.8) is 0 Å². The Kier molecular flexibility index (Phi) is 9.11. The van der Waals surface area contributed by atoms with Crippen LogP contribution in [0.3, 0.4) is 0 Å². The molecule has 0 aromatic heterocycles. The van der Waals surface area contributed by atoms with E-state index >= 15 is 0 Å². The van der Waals surface area contributed by atoms with Gasteiger partial charge in [0.15, 0.2) is 0 Å². The highest BCUT2D eigenvalue weighted by Crippen LogP contribution is 2.42. The number of halogens is 1. The monoisotopic (exact) mass is 526 g/mol. The Morgan fingerprint density at radius 1 is 1.05 bits per heavy atom. The minimum Gasteiger partial charge on any atom is -0.448 e. The first-order valence-electron chi connectivity index (χ1n) is 13.3. The summed E-state index contributed by atoms with van der Waals surface area (Å²) in [5.74, 6) is 0.0863. The van der Waals surface area contributed by atoms with Crippen LogP contribution in [0.25, 0.3) is 0 Å². The van der Waals surface area contributed by atoms with Crippen LogP contribution in [-0.4, -0.2) is 73.7 Å². The first kappa shape index (κ1) is 27.4. The smallest absolute Gasteiger partial charge is 0.407 e. The number of rotatable bonds is 8. The molecule has 1 spiro atoms. The van der Waals surface area contributed by atoms with Crippen LogP contribution in [0.1, 0.15) is 43.4 Å². The number of nitrogens with zero attached hydrogens (tertiary/aromatic N) is 2. The molecule has 200 valence electrons. The van der Waals surface area contributed by atoms with Gasteiger partial charge in [-0.1, -0.05) is 48.0 Å². The number of likely N-dealkylation sites (tertiary alicyclic amines) is 1. The van der Waals surface area contributed by atoms with Crippen LogP contribution in [0.15, 0.2) is 48.5 Å². The van der Waals surface area contributed by atoms with Crippen molar-refractivity contribution in [2.75, 3.05) is 39.8 Å². The predicted molar refractivity (Wildman–Crippen MR) is 147 cm³/mol. The predicted octanol–water partition coefficient (Wildman–Crippen LogP) is 3.98. The van der Waals surface area contributed by atoms with E-state index in [4.69, 9.17) is 16.3 Å². The molecule has 37 heavy (non-hydrogen) atoms. The quantitative estimate of drug-likeness (QED) is 0.509. The second-order valence-corrected chi connectivity index (χ2v) is 10.9. The zero-order chi connectivity index (χ0) is 26.4. The number of likely N-dealkylation sites (N-methyl/N-ethyl adjacent to an activating group) is 1. The van der Waals surface area contributed by atoms with E-state index in [0.717, 1.165) is 31.4 Å². The van der Waals surface area contributed by atoms with Crippen LogP contribution >= 0.6 is 11.6 Å². The van der Waals surface area contributed by atoms with Gasteiger partial charge in [-0.05, 0) is 75.4 Å². The number of alkyl carbamates (subject to hydrolysis) is 1. The molecule has 0 aliphatic carbocycles. The number of amides is 2. The Labute approximate surface area is 225 Å². The number of benzene rings is 2. The third-order valence-corrected chi connectivity index (χ3v) is 7.90. The van der Waals surface area contributed by atoms with Gasteiger partial charge in [0.1, 0.15) is 6.61 Å². The number of carbonyl (C=O) groups excluding carboxylic acids is 2. The van der Waals surface area contributed by atoms with Crippen molar-refractivity contribution < 1.29 is 14.3 Å². The fourth-order valence-electron chi connectivity index (χ4n) is 5.63. The SMILES string of the molecule is CC(C)NC(=O)OCCN[C@H](Cc1ccc(Cl)cc1)C(=O)N1CCC2(CC1)c1ccccc1CCN2C. The molecule has 2 aliphatic heterocycles. The zero-order valence-corrected chi connectivity index (χ0v) is 22.9. The summed E-state index contributed by atoms with van der Waals surface area (Å²) >= 11 is 6.07. The van der Waals surface area contributed by atoms with E-state index < -0.39 is 12.1 Å². The van der Waals surface area contributed by atoms with Gasteiger partial charge in [0, 0.05) is 42.8 Å². The van der Waals surface area contributed by atoms with Gasteiger partial charge in [-0.15, -0.1) is 0 Å². The third kappa shape index (κ3) is 6.64. The summed E-state index contributed by atoms with van der Waals surface area (Å²) in [4.78, 5) is 30.0. The lowest BCUT2D eigenvalue weighted by Gasteiger charge is -2.51. The molecule has 2 amide bonds. The van der Waals surface area contributed by atoms with Gasteiger partial charge < -0.3 is 20.3 Å². The summed E-state index contributed by atoms with van der Waals surface area (Å²) in [7, 11) is 2.22.